The summed E-state index contributed by atoms with van der Waals surface area (Å²) in [7, 11) is 0. The molecular formula is C19H25N3O2. The van der Waals surface area contributed by atoms with Crippen LogP contribution in [0.1, 0.15) is 32.1 Å². The van der Waals surface area contributed by atoms with Crippen LogP contribution in [0.2, 0.25) is 0 Å². The molecular weight excluding hydrogens is 302 g/mol. The van der Waals surface area contributed by atoms with Crippen molar-refractivity contribution in [1.29, 1.82) is 0 Å². The maximum Gasteiger partial charge on any atom is 0.264 e. The molecule has 3 rings (SSSR count). The van der Waals surface area contributed by atoms with Crippen molar-refractivity contribution in [3.05, 3.63) is 46.8 Å². The summed E-state index contributed by atoms with van der Waals surface area (Å²) in [5.74, 6) is 1.75. The van der Waals surface area contributed by atoms with Crippen LogP contribution in [0.3, 0.4) is 0 Å². The SMILES string of the molecule is O=c1ccc(-c2ccc(OCCCNCC3CCCC3)cc2)n[nH]1. The van der Waals surface area contributed by atoms with Gasteiger partial charge < -0.3 is 10.1 Å². The number of aromatic nitrogens is 2. The maximum absolute atomic E-state index is 11.0. The van der Waals surface area contributed by atoms with E-state index >= 15 is 0 Å². The second-order valence-corrected chi connectivity index (χ2v) is 6.39. The molecule has 0 atom stereocenters. The normalized spacial score (nSPS) is 14.8. The van der Waals surface area contributed by atoms with Crippen LogP contribution in [0.5, 0.6) is 5.75 Å². The zero-order chi connectivity index (χ0) is 16.6. The fraction of sp³-hybridized carbons (Fsp3) is 0.474. The Hall–Kier alpha value is -2.14. The lowest BCUT2D eigenvalue weighted by atomic mass is 10.1. The van der Waals surface area contributed by atoms with Crippen LogP contribution in [-0.2, 0) is 0 Å². The Balaban J connectivity index is 1.36. The van der Waals surface area contributed by atoms with Gasteiger partial charge in [0, 0.05) is 11.6 Å². The molecule has 128 valence electrons. The van der Waals surface area contributed by atoms with Gasteiger partial charge in [0.1, 0.15) is 5.75 Å². The van der Waals surface area contributed by atoms with E-state index in [9.17, 15) is 4.79 Å². The lowest BCUT2D eigenvalue weighted by Gasteiger charge is -2.11. The number of hydrogen-bond acceptors (Lipinski definition) is 4. The molecule has 0 saturated heterocycles. The minimum absolute atomic E-state index is 0.194. The summed E-state index contributed by atoms with van der Waals surface area (Å²) < 4.78 is 5.77. The van der Waals surface area contributed by atoms with E-state index in [1.54, 1.807) is 6.07 Å². The fourth-order valence-corrected chi connectivity index (χ4v) is 3.14. The Morgan fingerprint density at radius 3 is 2.62 bits per heavy atom. The molecule has 1 fully saturated rings. The van der Waals surface area contributed by atoms with Gasteiger partial charge in [0.05, 0.1) is 12.3 Å². The van der Waals surface area contributed by atoms with Crippen molar-refractivity contribution in [3.63, 3.8) is 0 Å². The van der Waals surface area contributed by atoms with Gasteiger partial charge in [-0.25, -0.2) is 5.10 Å². The fourth-order valence-electron chi connectivity index (χ4n) is 3.14. The summed E-state index contributed by atoms with van der Waals surface area (Å²) in [4.78, 5) is 11.0. The Morgan fingerprint density at radius 1 is 1.12 bits per heavy atom. The number of rotatable bonds is 8. The van der Waals surface area contributed by atoms with E-state index in [0.29, 0.717) is 6.61 Å². The van der Waals surface area contributed by atoms with Gasteiger partial charge in [-0.15, -0.1) is 0 Å². The molecule has 5 nitrogen and oxygen atoms in total. The van der Waals surface area contributed by atoms with Crippen LogP contribution >= 0.6 is 0 Å². The average molecular weight is 327 g/mol. The minimum atomic E-state index is -0.194. The zero-order valence-electron chi connectivity index (χ0n) is 14.0. The number of nitrogens with one attached hydrogen (secondary N) is 2. The van der Waals surface area contributed by atoms with E-state index in [1.807, 2.05) is 24.3 Å². The molecule has 1 aromatic carbocycles. The number of hydrogen-bond donors (Lipinski definition) is 2. The molecule has 1 aliphatic carbocycles. The second kappa shape index (κ2) is 8.64. The predicted octanol–water partition coefficient (Wildman–Crippen LogP) is 2.99. The predicted molar refractivity (Wildman–Crippen MR) is 95.2 cm³/mol. The van der Waals surface area contributed by atoms with Gasteiger partial charge in [-0.3, -0.25) is 4.79 Å². The van der Waals surface area contributed by atoms with E-state index in [0.717, 1.165) is 42.4 Å². The molecule has 5 heteroatoms. The number of benzene rings is 1. The molecule has 0 unspecified atom stereocenters. The summed E-state index contributed by atoms with van der Waals surface area (Å²) in [6, 6.07) is 11.0. The van der Waals surface area contributed by atoms with Crippen molar-refractivity contribution in [2.45, 2.75) is 32.1 Å². The van der Waals surface area contributed by atoms with Crippen molar-refractivity contribution in [2.24, 2.45) is 5.92 Å². The molecule has 0 bridgehead atoms. The number of ether oxygens (including phenoxy) is 1. The van der Waals surface area contributed by atoms with E-state index in [-0.39, 0.29) is 5.56 Å². The number of nitrogens with zero attached hydrogens (tertiary/aromatic N) is 1. The zero-order valence-corrected chi connectivity index (χ0v) is 14.0. The van der Waals surface area contributed by atoms with E-state index in [1.165, 1.54) is 31.7 Å². The summed E-state index contributed by atoms with van der Waals surface area (Å²) in [6.45, 7) is 2.88. The summed E-state index contributed by atoms with van der Waals surface area (Å²) in [5.41, 5.74) is 1.51. The van der Waals surface area contributed by atoms with E-state index in [4.69, 9.17) is 4.74 Å². The average Bonchev–Trinajstić information content (AvgIpc) is 3.13. The quantitative estimate of drug-likeness (QED) is 0.732. The lowest BCUT2D eigenvalue weighted by Crippen LogP contribution is -2.23. The van der Waals surface area contributed by atoms with Gasteiger partial charge in [0.2, 0.25) is 0 Å². The van der Waals surface area contributed by atoms with Crippen molar-refractivity contribution in [3.8, 4) is 17.0 Å². The van der Waals surface area contributed by atoms with Gasteiger partial charge in [-0.1, -0.05) is 12.8 Å². The highest BCUT2D eigenvalue weighted by molar-refractivity contribution is 5.59. The van der Waals surface area contributed by atoms with Crippen LogP contribution < -0.4 is 15.6 Å². The third kappa shape index (κ3) is 4.93. The molecule has 1 aromatic heterocycles. The van der Waals surface area contributed by atoms with Gasteiger partial charge in [-0.2, -0.15) is 5.10 Å². The molecule has 0 aliphatic heterocycles. The first-order valence-corrected chi connectivity index (χ1v) is 8.81. The first-order valence-electron chi connectivity index (χ1n) is 8.81. The van der Waals surface area contributed by atoms with Crippen LogP contribution in [0.25, 0.3) is 11.3 Å². The molecule has 0 radical (unpaired) electrons. The molecule has 1 saturated carbocycles. The lowest BCUT2D eigenvalue weighted by molar-refractivity contribution is 0.306. The van der Waals surface area contributed by atoms with Crippen LogP contribution in [0.15, 0.2) is 41.2 Å². The summed E-state index contributed by atoms with van der Waals surface area (Å²) >= 11 is 0. The van der Waals surface area contributed by atoms with Crippen molar-refractivity contribution >= 4 is 0 Å². The molecule has 0 amide bonds. The molecule has 0 spiro atoms. The third-order valence-corrected chi connectivity index (χ3v) is 4.50. The largest absolute Gasteiger partial charge is 0.494 e. The first kappa shape index (κ1) is 16.7. The minimum Gasteiger partial charge on any atom is -0.494 e. The van der Waals surface area contributed by atoms with Crippen molar-refractivity contribution in [1.82, 2.24) is 15.5 Å². The summed E-state index contributed by atoms with van der Waals surface area (Å²) in [5, 5.41) is 9.99. The van der Waals surface area contributed by atoms with Crippen LogP contribution in [-0.4, -0.2) is 29.9 Å². The van der Waals surface area contributed by atoms with Crippen molar-refractivity contribution < 1.29 is 4.74 Å². The highest BCUT2D eigenvalue weighted by atomic mass is 16.5. The maximum atomic E-state index is 11.0. The Kier molecular flexibility index (Phi) is 6.01. The molecule has 1 aliphatic rings. The topological polar surface area (TPSA) is 67.0 Å². The Morgan fingerprint density at radius 2 is 1.92 bits per heavy atom. The van der Waals surface area contributed by atoms with Crippen molar-refractivity contribution in [2.75, 3.05) is 19.7 Å². The smallest absolute Gasteiger partial charge is 0.264 e. The highest BCUT2D eigenvalue weighted by Gasteiger charge is 2.13. The Bertz CT molecular complexity index is 655. The van der Waals surface area contributed by atoms with Gasteiger partial charge in [-0.05, 0) is 68.6 Å². The molecule has 2 N–H and O–H groups in total. The van der Waals surface area contributed by atoms with E-state index in [2.05, 4.69) is 15.5 Å². The van der Waals surface area contributed by atoms with Crippen LogP contribution in [0, 0.1) is 5.92 Å². The van der Waals surface area contributed by atoms with Crippen LogP contribution in [0.4, 0.5) is 0 Å². The third-order valence-electron chi connectivity index (χ3n) is 4.50. The summed E-state index contributed by atoms with van der Waals surface area (Å²) in [6.07, 6.45) is 6.59. The van der Waals surface area contributed by atoms with E-state index < -0.39 is 0 Å². The monoisotopic (exact) mass is 327 g/mol. The van der Waals surface area contributed by atoms with Gasteiger partial charge >= 0.3 is 0 Å². The Labute approximate surface area is 142 Å². The number of aromatic amines is 1. The number of H-pyrrole nitrogens is 1. The second-order valence-electron chi connectivity index (χ2n) is 6.39. The highest BCUT2D eigenvalue weighted by Crippen LogP contribution is 2.23. The molecule has 1 heterocycles. The van der Waals surface area contributed by atoms with Gasteiger partial charge in [0.15, 0.2) is 0 Å². The van der Waals surface area contributed by atoms with Gasteiger partial charge in [0.25, 0.3) is 5.56 Å². The molecule has 24 heavy (non-hydrogen) atoms. The standard InChI is InChI=1S/C19H25N3O2/c23-19-11-10-18(21-22-19)16-6-8-17(9-7-16)24-13-3-12-20-14-15-4-1-2-5-15/h6-11,15,20H,1-5,12-14H2,(H,22,23). The first-order chi connectivity index (χ1) is 11.8. The molecule has 2 aromatic rings.